The Labute approximate surface area is 193 Å². The van der Waals surface area contributed by atoms with E-state index in [2.05, 4.69) is 30.4 Å². The van der Waals surface area contributed by atoms with Crippen molar-refractivity contribution in [2.24, 2.45) is 0 Å². The molecule has 0 saturated carbocycles. The summed E-state index contributed by atoms with van der Waals surface area (Å²) in [4.78, 5) is 12.4. The molecule has 0 bridgehead atoms. The van der Waals surface area contributed by atoms with Crippen molar-refractivity contribution in [2.75, 3.05) is 6.54 Å². The molecule has 0 spiro atoms. The number of nitrogens with zero attached hydrogens (tertiary/aromatic N) is 1. The molecule has 0 saturated heterocycles. The minimum absolute atomic E-state index is 0.226. The number of benzene rings is 2. The molecule has 168 valence electrons. The number of aromatic nitrogens is 1. The highest BCUT2D eigenvalue weighted by Gasteiger charge is 2.13. The SMILES string of the molecule is CCC/C=C(/CCCNC(=O)c1cc(Cc2cccc(F)c2)on1)c1cc(Cl)ccc1C. The normalized spacial score (nSPS) is 11.6. The average Bonchev–Trinajstić information content (AvgIpc) is 3.23. The molecule has 0 aliphatic rings. The zero-order valence-electron chi connectivity index (χ0n) is 18.5. The van der Waals surface area contributed by atoms with Crippen LogP contribution in [0.15, 0.2) is 59.1 Å². The molecule has 1 heterocycles. The smallest absolute Gasteiger partial charge is 0.273 e. The summed E-state index contributed by atoms with van der Waals surface area (Å²) in [6, 6.07) is 13.8. The Morgan fingerprint density at radius 1 is 1.22 bits per heavy atom. The summed E-state index contributed by atoms with van der Waals surface area (Å²) in [6.45, 7) is 4.76. The van der Waals surface area contributed by atoms with Gasteiger partial charge in [-0.3, -0.25) is 4.79 Å². The summed E-state index contributed by atoms with van der Waals surface area (Å²) < 4.78 is 18.6. The number of halogens is 2. The molecular weight excluding hydrogens is 427 g/mol. The van der Waals surface area contributed by atoms with Gasteiger partial charge in [0.15, 0.2) is 5.69 Å². The van der Waals surface area contributed by atoms with Crippen LogP contribution in [0, 0.1) is 12.7 Å². The first-order chi connectivity index (χ1) is 15.5. The maximum Gasteiger partial charge on any atom is 0.273 e. The Bertz CT molecular complexity index is 1090. The molecule has 4 nitrogen and oxygen atoms in total. The minimum atomic E-state index is -0.305. The van der Waals surface area contributed by atoms with Crippen molar-refractivity contribution in [3.05, 3.63) is 93.6 Å². The molecular formula is C26H28ClFN2O2. The van der Waals surface area contributed by atoms with Crippen LogP contribution in [0.1, 0.15) is 65.5 Å². The van der Waals surface area contributed by atoms with Gasteiger partial charge in [-0.25, -0.2) is 4.39 Å². The topological polar surface area (TPSA) is 55.1 Å². The predicted octanol–water partition coefficient (Wildman–Crippen LogP) is 6.76. The highest BCUT2D eigenvalue weighted by Crippen LogP contribution is 2.27. The third-order valence-electron chi connectivity index (χ3n) is 5.19. The van der Waals surface area contributed by atoms with Crippen LogP contribution in [-0.4, -0.2) is 17.6 Å². The maximum atomic E-state index is 13.3. The first kappa shape index (κ1) is 23.7. The summed E-state index contributed by atoms with van der Waals surface area (Å²) in [5.74, 6) is -0.0699. The van der Waals surface area contributed by atoms with E-state index in [4.69, 9.17) is 16.1 Å². The van der Waals surface area contributed by atoms with Crippen LogP contribution in [0.5, 0.6) is 0 Å². The zero-order valence-corrected chi connectivity index (χ0v) is 19.2. The van der Waals surface area contributed by atoms with Gasteiger partial charge >= 0.3 is 0 Å². The van der Waals surface area contributed by atoms with Gasteiger partial charge in [0.25, 0.3) is 5.91 Å². The molecule has 0 unspecified atom stereocenters. The molecule has 0 atom stereocenters. The van der Waals surface area contributed by atoms with Gasteiger partial charge in [0.1, 0.15) is 11.6 Å². The Hall–Kier alpha value is -2.92. The third-order valence-corrected chi connectivity index (χ3v) is 5.43. The molecule has 2 aromatic carbocycles. The second-order valence-electron chi connectivity index (χ2n) is 7.82. The quantitative estimate of drug-likeness (QED) is 0.344. The van der Waals surface area contributed by atoms with E-state index in [0.717, 1.165) is 41.8 Å². The molecule has 0 aliphatic carbocycles. The maximum absolute atomic E-state index is 13.3. The molecule has 0 fully saturated rings. The lowest BCUT2D eigenvalue weighted by molar-refractivity contribution is 0.0944. The fourth-order valence-electron chi connectivity index (χ4n) is 3.53. The van der Waals surface area contributed by atoms with E-state index in [0.29, 0.717) is 18.7 Å². The molecule has 6 heteroatoms. The second kappa shape index (κ2) is 11.6. The van der Waals surface area contributed by atoms with E-state index < -0.39 is 0 Å². The van der Waals surface area contributed by atoms with Gasteiger partial charge in [-0.1, -0.05) is 54.4 Å². The Kier molecular flexibility index (Phi) is 8.63. The van der Waals surface area contributed by atoms with E-state index in [1.807, 2.05) is 18.2 Å². The van der Waals surface area contributed by atoms with Gasteiger partial charge in [0.2, 0.25) is 0 Å². The number of nitrogens with one attached hydrogen (secondary N) is 1. The lowest BCUT2D eigenvalue weighted by atomic mass is 9.95. The molecule has 1 N–H and O–H groups in total. The van der Waals surface area contributed by atoms with Gasteiger partial charge in [-0.2, -0.15) is 0 Å². The molecule has 32 heavy (non-hydrogen) atoms. The number of unbranched alkanes of at least 4 members (excludes halogenated alkanes) is 1. The number of aryl methyl sites for hydroxylation is 1. The molecule has 0 aliphatic heterocycles. The van der Waals surface area contributed by atoms with Crippen molar-refractivity contribution in [3.63, 3.8) is 0 Å². The van der Waals surface area contributed by atoms with Gasteiger partial charge in [-0.05, 0) is 72.7 Å². The summed E-state index contributed by atoms with van der Waals surface area (Å²) in [6.07, 6.45) is 6.34. The summed E-state index contributed by atoms with van der Waals surface area (Å²) in [5.41, 5.74) is 4.59. The van der Waals surface area contributed by atoms with Crippen molar-refractivity contribution in [3.8, 4) is 0 Å². The van der Waals surface area contributed by atoms with Gasteiger partial charge in [-0.15, -0.1) is 0 Å². The van der Waals surface area contributed by atoms with E-state index >= 15 is 0 Å². The predicted molar refractivity (Wildman–Crippen MR) is 126 cm³/mol. The fraction of sp³-hybridized carbons (Fsp3) is 0.308. The lowest BCUT2D eigenvalue weighted by Crippen LogP contribution is -2.24. The van der Waals surface area contributed by atoms with Gasteiger partial charge in [0.05, 0.1) is 0 Å². The van der Waals surface area contributed by atoms with Crippen LogP contribution >= 0.6 is 11.6 Å². The number of allylic oxidation sites excluding steroid dienone is 2. The molecule has 1 amide bonds. The van der Waals surface area contributed by atoms with Crippen LogP contribution in [0.3, 0.4) is 0 Å². The number of rotatable bonds is 10. The van der Waals surface area contributed by atoms with Crippen LogP contribution in [0.4, 0.5) is 4.39 Å². The molecule has 3 aromatic rings. The van der Waals surface area contributed by atoms with Gasteiger partial charge < -0.3 is 9.84 Å². The van der Waals surface area contributed by atoms with Crippen molar-refractivity contribution < 1.29 is 13.7 Å². The number of carbonyl (C=O) groups excluding carboxylic acids is 1. The van der Waals surface area contributed by atoms with Crippen LogP contribution < -0.4 is 5.32 Å². The fourth-order valence-corrected chi connectivity index (χ4v) is 3.70. The highest BCUT2D eigenvalue weighted by atomic mass is 35.5. The molecule has 3 rings (SSSR count). The van der Waals surface area contributed by atoms with Crippen molar-refractivity contribution in [1.29, 1.82) is 0 Å². The number of hydrogen-bond acceptors (Lipinski definition) is 3. The zero-order chi connectivity index (χ0) is 22.9. The van der Waals surface area contributed by atoms with E-state index in [9.17, 15) is 9.18 Å². The van der Waals surface area contributed by atoms with Crippen LogP contribution in [0.2, 0.25) is 5.02 Å². The van der Waals surface area contributed by atoms with E-state index in [1.165, 1.54) is 23.3 Å². The summed E-state index contributed by atoms with van der Waals surface area (Å²) in [5, 5.41) is 7.47. The minimum Gasteiger partial charge on any atom is -0.360 e. The Balaban J connectivity index is 1.53. The standard InChI is InChI=1S/C26H28ClFN2O2/c1-3-4-8-20(24-16-21(27)12-11-18(24)2)9-6-13-29-26(31)25-17-23(32-30-25)15-19-7-5-10-22(28)14-19/h5,7-8,10-12,14,16-17H,3-4,6,9,13,15H2,1-2H3,(H,29,31)/b20-8-. The Morgan fingerprint density at radius 3 is 2.84 bits per heavy atom. The van der Waals surface area contributed by atoms with Crippen molar-refractivity contribution in [2.45, 2.75) is 46.0 Å². The monoisotopic (exact) mass is 454 g/mol. The lowest BCUT2D eigenvalue weighted by Gasteiger charge is -2.12. The van der Waals surface area contributed by atoms with Crippen molar-refractivity contribution >= 4 is 23.1 Å². The summed E-state index contributed by atoms with van der Waals surface area (Å²) in [7, 11) is 0. The Morgan fingerprint density at radius 2 is 2.06 bits per heavy atom. The summed E-state index contributed by atoms with van der Waals surface area (Å²) >= 11 is 6.21. The number of hydrogen-bond donors (Lipinski definition) is 1. The average molecular weight is 455 g/mol. The van der Waals surface area contributed by atoms with Crippen LogP contribution in [-0.2, 0) is 6.42 Å². The third kappa shape index (κ3) is 6.79. The number of amides is 1. The van der Waals surface area contributed by atoms with E-state index in [-0.39, 0.29) is 17.4 Å². The largest absolute Gasteiger partial charge is 0.360 e. The first-order valence-electron chi connectivity index (χ1n) is 10.9. The molecule has 0 radical (unpaired) electrons. The van der Waals surface area contributed by atoms with Crippen LogP contribution in [0.25, 0.3) is 5.57 Å². The number of carbonyl (C=O) groups is 1. The van der Waals surface area contributed by atoms with Crippen molar-refractivity contribution in [1.82, 2.24) is 10.5 Å². The first-order valence-corrected chi connectivity index (χ1v) is 11.3. The van der Waals surface area contributed by atoms with E-state index in [1.54, 1.807) is 18.2 Å². The second-order valence-corrected chi connectivity index (χ2v) is 8.26. The highest BCUT2D eigenvalue weighted by molar-refractivity contribution is 6.30. The van der Waals surface area contributed by atoms with Gasteiger partial charge in [0, 0.05) is 24.1 Å². The molecule has 1 aromatic heterocycles.